The Bertz CT molecular complexity index is 1150. The van der Waals surface area contributed by atoms with Crippen LogP contribution in [0.4, 0.5) is 0 Å². The van der Waals surface area contributed by atoms with Gasteiger partial charge < -0.3 is 0 Å². The number of sulfone groups is 1. The fourth-order valence-corrected chi connectivity index (χ4v) is 3.78. The number of aromatic nitrogens is 3. The lowest BCUT2D eigenvalue weighted by atomic mass is 10.1. The fraction of sp³-hybridized carbons (Fsp3) is 0.125. The van der Waals surface area contributed by atoms with Gasteiger partial charge >= 0.3 is 0 Å². The molecule has 3 aromatic rings. The molecule has 26 heavy (non-hydrogen) atoms. The third-order valence-electron chi connectivity index (χ3n) is 3.67. The van der Waals surface area contributed by atoms with Gasteiger partial charge in [0.25, 0.3) is 10.1 Å². The van der Waals surface area contributed by atoms with Crippen molar-refractivity contribution in [3.8, 4) is 11.1 Å². The highest BCUT2D eigenvalue weighted by molar-refractivity contribution is 7.90. The van der Waals surface area contributed by atoms with Crippen LogP contribution in [0.2, 0.25) is 0 Å². The molecule has 8 nitrogen and oxygen atoms in total. The van der Waals surface area contributed by atoms with E-state index in [0.717, 1.165) is 6.26 Å². The van der Waals surface area contributed by atoms with E-state index >= 15 is 0 Å². The van der Waals surface area contributed by atoms with Gasteiger partial charge in [0.1, 0.15) is 4.90 Å². The molecule has 0 aliphatic heterocycles. The van der Waals surface area contributed by atoms with Gasteiger partial charge in [-0.25, -0.2) is 8.42 Å². The Hall–Kier alpha value is -2.56. The van der Waals surface area contributed by atoms with Crippen LogP contribution in [0.3, 0.4) is 0 Å². The molecule has 1 N–H and O–H groups in total. The summed E-state index contributed by atoms with van der Waals surface area (Å²) in [5.74, 6) is 0. The zero-order chi connectivity index (χ0) is 18.9. The van der Waals surface area contributed by atoms with Gasteiger partial charge in [0.2, 0.25) is 0 Å². The molecular weight excluding hydrogens is 378 g/mol. The highest BCUT2D eigenvalue weighted by Gasteiger charge is 2.19. The van der Waals surface area contributed by atoms with E-state index in [1.807, 2.05) is 0 Å². The molecule has 0 saturated heterocycles. The predicted octanol–water partition coefficient (Wildman–Crippen LogP) is 1.64. The number of hydrogen-bond donors (Lipinski definition) is 1. The fourth-order valence-electron chi connectivity index (χ4n) is 2.43. The molecular formula is C16H15N3O5S2. The summed E-state index contributed by atoms with van der Waals surface area (Å²) < 4.78 is 58.0. The van der Waals surface area contributed by atoms with Crippen molar-refractivity contribution in [2.75, 3.05) is 6.26 Å². The van der Waals surface area contributed by atoms with Crippen molar-refractivity contribution in [1.29, 1.82) is 0 Å². The van der Waals surface area contributed by atoms with Gasteiger partial charge in [-0.3, -0.25) is 14.2 Å². The summed E-state index contributed by atoms with van der Waals surface area (Å²) in [5, 5.41) is 3.99. The molecule has 0 radical (unpaired) electrons. The quantitative estimate of drug-likeness (QED) is 0.654. The normalized spacial score (nSPS) is 12.2. The summed E-state index contributed by atoms with van der Waals surface area (Å²) in [5.41, 5.74) is 0.961. The molecule has 0 aliphatic rings. The van der Waals surface area contributed by atoms with Crippen molar-refractivity contribution in [1.82, 2.24) is 14.8 Å². The van der Waals surface area contributed by atoms with E-state index in [1.54, 1.807) is 24.4 Å². The molecule has 2 aromatic heterocycles. The zero-order valence-corrected chi connectivity index (χ0v) is 15.3. The smallest absolute Gasteiger partial charge is 0.282 e. The van der Waals surface area contributed by atoms with E-state index in [1.165, 1.54) is 35.3 Å². The Morgan fingerprint density at radius 2 is 1.85 bits per heavy atom. The Labute approximate surface area is 150 Å². The van der Waals surface area contributed by atoms with Crippen LogP contribution in [-0.2, 0) is 26.5 Å². The van der Waals surface area contributed by atoms with Crippen molar-refractivity contribution in [2.24, 2.45) is 0 Å². The largest absolute Gasteiger partial charge is 0.296 e. The summed E-state index contributed by atoms with van der Waals surface area (Å²) >= 11 is 0. The lowest BCUT2D eigenvalue weighted by Crippen LogP contribution is -2.10. The van der Waals surface area contributed by atoms with Crippen LogP contribution < -0.4 is 0 Å². The monoisotopic (exact) mass is 393 g/mol. The average Bonchev–Trinajstić information content (AvgIpc) is 3.06. The molecule has 0 spiro atoms. The van der Waals surface area contributed by atoms with Crippen molar-refractivity contribution in [3.05, 3.63) is 60.7 Å². The minimum absolute atomic E-state index is 0.0613. The molecule has 0 fully saturated rings. The maximum atomic E-state index is 11.8. The van der Waals surface area contributed by atoms with E-state index in [-0.39, 0.29) is 22.0 Å². The number of nitrogens with zero attached hydrogens (tertiary/aromatic N) is 3. The van der Waals surface area contributed by atoms with Gasteiger partial charge in [0.15, 0.2) is 9.84 Å². The molecule has 0 atom stereocenters. The van der Waals surface area contributed by atoms with E-state index in [2.05, 4.69) is 10.1 Å². The lowest BCUT2D eigenvalue weighted by molar-refractivity contribution is 0.480. The van der Waals surface area contributed by atoms with Crippen LogP contribution in [-0.4, -0.2) is 42.4 Å². The molecule has 10 heteroatoms. The maximum absolute atomic E-state index is 11.8. The third-order valence-corrected chi connectivity index (χ3v) is 5.69. The summed E-state index contributed by atoms with van der Waals surface area (Å²) in [6.07, 6.45) is 5.69. The molecule has 136 valence electrons. The minimum atomic E-state index is -4.53. The number of benzene rings is 1. The number of pyridine rings is 1. The van der Waals surface area contributed by atoms with Gasteiger partial charge in [-0.1, -0.05) is 12.1 Å². The van der Waals surface area contributed by atoms with Crippen molar-refractivity contribution >= 4 is 20.0 Å². The Morgan fingerprint density at radius 3 is 2.46 bits per heavy atom. The van der Waals surface area contributed by atoms with E-state index in [4.69, 9.17) is 0 Å². The average molecular weight is 393 g/mol. The lowest BCUT2D eigenvalue weighted by Gasteiger charge is -2.10. The molecule has 2 heterocycles. The molecule has 0 saturated carbocycles. The van der Waals surface area contributed by atoms with E-state index in [0.29, 0.717) is 11.1 Å². The number of hydrogen-bond acceptors (Lipinski definition) is 6. The molecule has 0 bridgehead atoms. The van der Waals surface area contributed by atoms with Gasteiger partial charge in [-0.05, 0) is 29.8 Å². The highest BCUT2D eigenvalue weighted by atomic mass is 32.2. The van der Waals surface area contributed by atoms with Crippen molar-refractivity contribution in [2.45, 2.75) is 16.3 Å². The Kier molecular flexibility index (Phi) is 4.65. The third kappa shape index (κ3) is 3.98. The number of rotatable bonds is 5. The summed E-state index contributed by atoms with van der Waals surface area (Å²) in [6.45, 7) is 0.0613. The first-order valence-electron chi connectivity index (χ1n) is 7.39. The standard InChI is InChI=1S/C16H15N3O5S2/c1-25(20,21)14-5-2-4-12(8-14)13-9-16(26(22,23)24)15(17-10-13)11-19-7-3-6-18-19/h2-10H,11H2,1H3,(H,22,23,24). The highest BCUT2D eigenvalue weighted by Crippen LogP contribution is 2.26. The first-order valence-corrected chi connectivity index (χ1v) is 10.7. The van der Waals surface area contributed by atoms with Gasteiger partial charge in [0, 0.05) is 30.4 Å². The van der Waals surface area contributed by atoms with Crippen LogP contribution in [0, 0.1) is 0 Å². The second-order valence-corrected chi connectivity index (χ2v) is 9.05. The second-order valence-electron chi connectivity index (χ2n) is 5.65. The Morgan fingerprint density at radius 1 is 1.08 bits per heavy atom. The SMILES string of the molecule is CS(=O)(=O)c1cccc(-c2cnc(Cn3cccn3)c(S(=O)(=O)O)c2)c1. The summed E-state index contributed by atoms with van der Waals surface area (Å²) in [6, 6.07) is 9.00. The van der Waals surface area contributed by atoms with Crippen LogP contribution in [0.5, 0.6) is 0 Å². The first kappa shape index (κ1) is 18.2. The predicted molar refractivity (Wildman–Crippen MR) is 93.9 cm³/mol. The molecule has 0 unspecified atom stereocenters. The van der Waals surface area contributed by atoms with Crippen molar-refractivity contribution < 1.29 is 21.4 Å². The van der Waals surface area contributed by atoms with Crippen LogP contribution in [0.15, 0.2) is 64.8 Å². The van der Waals surface area contributed by atoms with Gasteiger partial charge in [-0.15, -0.1) is 0 Å². The van der Waals surface area contributed by atoms with Gasteiger partial charge in [0.05, 0.1) is 17.1 Å². The minimum Gasteiger partial charge on any atom is -0.282 e. The zero-order valence-electron chi connectivity index (χ0n) is 13.6. The molecule has 1 aromatic carbocycles. The summed E-state index contributed by atoms with van der Waals surface area (Å²) in [4.78, 5) is 3.89. The van der Waals surface area contributed by atoms with Crippen LogP contribution >= 0.6 is 0 Å². The first-order chi connectivity index (χ1) is 12.1. The molecule has 0 aliphatic carbocycles. The Balaban J connectivity index is 2.11. The van der Waals surface area contributed by atoms with E-state index in [9.17, 15) is 21.4 Å². The maximum Gasteiger partial charge on any atom is 0.296 e. The van der Waals surface area contributed by atoms with Crippen LogP contribution in [0.25, 0.3) is 11.1 Å². The molecule has 0 amide bonds. The topological polar surface area (TPSA) is 119 Å². The second kappa shape index (κ2) is 6.63. The van der Waals surface area contributed by atoms with Gasteiger partial charge in [-0.2, -0.15) is 13.5 Å². The molecule has 3 rings (SSSR count). The van der Waals surface area contributed by atoms with Crippen LogP contribution in [0.1, 0.15) is 5.69 Å². The summed E-state index contributed by atoms with van der Waals surface area (Å²) in [7, 11) is -7.94. The van der Waals surface area contributed by atoms with E-state index < -0.39 is 20.0 Å². The van der Waals surface area contributed by atoms with Crippen molar-refractivity contribution in [3.63, 3.8) is 0 Å².